The molecule has 0 bridgehead atoms. The van der Waals surface area contributed by atoms with Crippen molar-refractivity contribution >= 4 is 6.21 Å². The number of allylic oxidation sites excluding steroid dienone is 3. The summed E-state index contributed by atoms with van der Waals surface area (Å²) in [6, 6.07) is 0. The molecule has 10 heavy (non-hydrogen) atoms. The monoisotopic (exact) mass is 139 g/mol. The molecule has 0 aromatic heterocycles. The van der Waals surface area contributed by atoms with Crippen molar-refractivity contribution in [3.8, 4) is 0 Å². The van der Waals surface area contributed by atoms with E-state index in [2.05, 4.69) is 0 Å². The molecule has 0 aliphatic heterocycles. The van der Waals surface area contributed by atoms with Crippen LogP contribution in [0.4, 0.5) is 0 Å². The fourth-order valence-corrected chi connectivity index (χ4v) is 0.419. The van der Waals surface area contributed by atoms with E-state index in [0.29, 0.717) is 0 Å². The largest absolute Gasteiger partial charge is 0.378 e. The van der Waals surface area contributed by atoms with Gasteiger partial charge in [0.15, 0.2) is 0 Å². The Morgan fingerprint density at radius 1 is 1.30 bits per heavy atom. The van der Waals surface area contributed by atoms with Crippen LogP contribution in [0, 0.1) is 5.41 Å². The topological polar surface area (TPSA) is 33.1 Å². The normalized spacial score (nSPS) is 14.6. The van der Waals surface area contributed by atoms with E-state index < -0.39 is 0 Å². The van der Waals surface area contributed by atoms with Crippen LogP contribution in [-0.2, 0) is 4.74 Å². The van der Waals surface area contributed by atoms with Crippen molar-refractivity contribution in [3.63, 3.8) is 0 Å². The second-order valence-corrected chi connectivity index (χ2v) is 1.88. The van der Waals surface area contributed by atoms with Crippen molar-refractivity contribution in [1.29, 1.82) is 5.41 Å². The van der Waals surface area contributed by atoms with Crippen LogP contribution in [0.15, 0.2) is 24.3 Å². The SMILES string of the molecule is CO[C@H](C)/C=C/C=C\C=N. The fraction of sp³-hybridized carbons (Fsp3) is 0.375. The molecule has 0 aliphatic carbocycles. The fourth-order valence-electron chi connectivity index (χ4n) is 0.419. The summed E-state index contributed by atoms with van der Waals surface area (Å²) in [6.07, 6.45) is 8.61. The lowest BCUT2D eigenvalue weighted by atomic mass is 10.3. The zero-order valence-corrected chi connectivity index (χ0v) is 6.37. The van der Waals surface area contributed by atoms with Crippen LogP contribution in [0.25, 0.3) is 0 Å². The highest BCUT2D eigenvalue weighted by Crippen LogP contribution is 1.89. The minimum Gasteiger partial charge on any atom is -0.378 e. The zero-order valence-electron chi connectivity index (χ0n) is 6.37. The standard InChI is InChI=1S/C8H13NO/c1-8(10-2)6-4-3-5-7-9/h3-9H,1-2H3/b5-3-,6-4+,9-7?/t8-/m1/s1. The minimum atomic E-state index is 0.149. The van der Waals surface area contributed by atoms with Crippen molar-refractivity contribution in [1.82, 2.24) is 0 Å². The lowest BCUT2D eigenvalue weighted by Gasteiger charge is -1.99. The van der Waals surface area contributed by atoms with Crippen molar-refractivity contribution < 1.29 is 4.74 Å². The summed E-state index contributed by atoms with van der Waals surface area (Å²) in [7, 11) is 1.66. The quantitative estimate of drug-likeness (QED) is 0.467. The van der Waals surface area contributed by atoms with Crippen LogP contribution in [0.5, 0.6) is 0 Å². The number of hydrogen-bond donors (Lipinski definition) is 1. The Balaban J connectivity index is 3.54. The molecule has 0 aliphatic rings. The first-order valence-electron chi connectivity index (χ1n) is 3.18. The number of rotatable bonds is 4. The van der Waals surface area contributed by atoms with Gasteiger partial charge < -0.3 is 10.1 Å². The zero-order chi connectivity index (χ0) is 7.82. The molecule has 0 radical (unpaired) electrons. The van der Waals surface area contributed by atoms with Gasteiger partial charge in [-0.1, -0.05) is 18.2 Å². The van der Waals surface area contributed by atoms with Crippen molar-refractivity contribution in [3.05, 3.63) is 24.3 Å². The van der Waals surface area contributed by atoms with Gasteiger partial charge in [-0.2, -0.15) is 0 Å². The van der Waals surface area contributed by atoms with E-state index in [1.165, 1.54) is 6.21 Å². The van der Waals surface area contributed by atoms with Crippen LogP contribution >= 0.6 is 0 Å². The van der Waals surface area contributed by atoms with Crippen molar-refractivity contribution in [2.24, 2.45) is 0 Å². The molecule has 0 saturated carbocycles. The summed E-state index contributed by atoms with van der Waals surface area (Å²) < 4.78 is 4.95. The first kappa shape index (κ1) is 9.11. The van der Waals surface area contributed by atoms with E-state index in [9.17, 15) is 0 Å². The Morgan fingerprint density at radius 2 is 2.00 bits per heavy atom. The molecule has 0 saturated heterocycles. The van der Waals surface area contributed by atoms with Gasteiger partial charge in [0, 0.05) is 13.3 Å². The van der Waals surface area contributed by atoms with Crippen LogP contribution < -0.4 is 0 Å². The Labute approximate surface area is 61.7 Å². The average Bonchev–Trinajstić information content (AvgIpc) is 1.98. The van der Waals surface area contributed by atoms with Gasteiger partial charge in [-0.25, -0.2) is 0 Å². The molecule has 0 unspecified atom stereocenters. The van der Waals surface area contributed by atoms with Crippen LogP contribution in [0.3, 0.4) is 0 Å². The summed E-state index contributed by atoms with van der Waals surface area (Å²) in [4.78, 5) is 0. The van der Waals surface area contributed by atoms with Crippen molar-refractivity contribution in [2.45, 2.75) is 13.0 Å². The maximum atomic E-state index is 6.66. The predicted octanol–water partition coefficient (Wildman–Crippen LogP) is 1.78. The second-order valence-electron chi connectivity index (χ2n) is 1.88. The van der Waals surface area contributed by atoms with Crippen LogP contribution in [0.2, 0.25) is 0 Å². The lowest BCUT2D eigenvalue weighted by molar-refractivity contribution is 0.156. The molecule has 0 fully saturated rings. The Hall–Kier alpha value is -0.890. The first-order valence-corrected chi connectivity index (χ1v) is 3.18. The highest BCUT2D eigenvalue weighted by Gasteiger charge is 1.86. The number of hydrogen-bond acceptors (Lipinski definition) is 2. The Kier molecular flexibility index (Phi) is 5.68. The molecule has 1 N–H and O–H groups in total. The summed E-state index contributed by atoms with van der Waals surface area (Å²) >= 11 is 0. The van der Waals surface area contributed by atoms with Gasteiger partial charge in [0.1, 0.15) is 0 Å². The van der Waals surface area contributed by atoms with Crippen LogP contribution in [0.1, 0.15) is 6.92 Å². The molecule has 0 amide bonds. The highest BCUT2D eigenvalue weighted by molar-refractivity contribution is 5.68. The van der Waals surface area contributed by atoms with E-state index in [-0.39, 0.29) is 6.10 Å². The van der Waals surface area contributed by atoms with E-state index in [4.69, 9.17) is 10.1 Å². The number of ether oxygens (including phenoxy) is 1. The molecule has 2 heteroatoms. The smallest absolute Gasteiger partial charge is 0.0726 e. The van der Waals surface area contributed by atoms with Gasteiger partial charge in [0.2, 0.25) is 0 Å². The third kappa shape index (κ3) is 5.25. The molecule has 1 atom stereocenters. The molecule has 0 heterocycles. The third-order valence-corrected chi connectivity index (χ3v) is 1.07. The van der Waals surface area contributed by atoms with E-state index >= 15 is 0 Å². The molecular formula is C8H13NO. The molecule has 0 rings (SSSR count). The summed E-state index contributed by atoms with van der Waals surface area (Å²) in [5.41, 5.74) is 0. The molecular weight excluding hydrogens is 126 g/mol. The minimum absolute atomic E-state index is 0.149. The lowest BCUT2D eigenvalue weighted by Crippen LogP contribution is -1.97. The van der Waals surface area contributed by atoms with Gasteiger partial charge in [-0.05, 0) is 13.0 Å². The molecule has 2 nitrogen and oxygen atoms in total. The molecule has 0 aromatic rings. The van der Waals surface area contributed by atoms with Crippen molar-refractivity contribution in [2.75, 3.05) is 7.11 Å². The molecule has 0 spiro atoms. The summed E-state index contributed by atoms with van der Waals surface area (Å²) in [5.74, 6) is 0. The van der Waals surface area contributed by atoms with Gasteiger partial charge in [0.05, 0.1) is 6.10 Å². The third-order valence-electron chi connectivity index (χ3n) is 1.07. The van der Waals surface area contributed by atoms with Gasteiger partial charge in [0.25, 0.3) is 0 Å². The molecule has 0 aromatic carbocycles. The van der Waals surface area contributed by atoms with Gasteiger partial charge in [-0.3, -0.25) is 0 Å². The maximum absolute atomic E-state index is 6.66. The highest BCUT2D eigenvalue weighted by atomic mass is 16.5. The molecule has 56 valence electrons. The first-order chi connectivity index (χ1) is 4.81. The van der Waals surface area contributed by atoms with Gasteiger partial charge in [-0.15, -0.1) is 0 Å². The van der Waals surface area contributed by atoms with E-state index in [1.807, 2.05) is 19.1 Å². The summed E-state index contributed by atoms with van der Waals surface area (Å²) in [6.45, 7) is 1.95. The number of nitrogens with one attached hydrogen (secondary N) is 1. The maximum Gasteiger partial charge on any atom is 0.0726 e. The summed E-state index contributed by atoms with van der Waals surface area (Å²) in [5, 5.41) is 6.66. The van der Waals surface area contributed by atoms with E-state index in [0.717, 1.165) is 0 Å². The van der Waals surface area contributed by atoms with E-state index in [1.54, 1.807) is 19.3 Å². The predicted molar refractivity (Wildman–Crippen MR) is 43.5 cm³/mol. The number of methoxy groups -OCH3 is 1. The Morgan fingerprint density at radius 3 is 2.50 bits per heavy atom. The van der Waals surface area contributed by atoms with Crippen LogP contribution in [-0.4, -0.2) is 19.4 Å². The average molecular weight is 139 g/mol. The Bertz CT molecular complexity index is 138. The second kappa shape index (κ2) is 6.23. The van der Waals surface area contributed by atoms with Gasteiger partial charge >= 0.3 is 0 Å².